The molecule has 1 aromatic carbocycles. The molecule has 3 atom stereocenters. The summed E-state index contributed by atoms with van der Waals surface area (Å²) >= 11 is 0. The zero-order valence-electron chi connectivity index (χ0n) is 10.1. The zero-order valence-corrected chi connectivity index (χ0v) is 10.1. The fourth-order valence-electron chi connectivity index (χ4n) is 2.93. The summed E-state index contributed by atoms with van der Waals surface area (Å²) in [5.74, 6) is 0.995. The van der Waals surface area contributed by atoms with E-state index in [2.05, 4.69) is 0 Å². The van der Waals surface area contributed by atoms with E-state index in [4.69, 9.17) is 4.74 Å². The minimum Gasteiger partial charge on any atom is -0.497 e. The Labute approximate surface area is 106 Å². The number of carbonyl (C=O) groups excluding carboxylic acids is 2. The minimum atomic E-state index is -0.102. The molecular formula is C15H14O3. The van der Waals surface area contributed by atoms with Crippen LogP contribution >= 0.6 is 0 Å². The Balaban J connectivity index is 1.85. The van der Waals surface area contributed by atoms with E-state index in [0.29, 0.717) is 6.42 Å². The van der Waals surface area contributed by atoms with E-state index in [1.165, 1.54) is 0 Å². The van der Waals surface area contributed by atoms with E-state index in [0.717, 1.165) is 11.3 Å². The summed E-state index contributed by atoms with van der Waals surface area (Å²) < 4.78 is 5.18. The van der Waals surface area contributed by atoms with Gasteiger partial charge in [0.05, 0.1) is 7.11 Å². The number of rotatable bonds is 2. The van der Waals surface area contributed by atoms with Crippen molar-refractivity contribution in [3.05, 3.63) is 42.7 Å². The van der Waals surface area contributed by atoms with Gasteiger partial charge in [0.25, 0.3) is 0 Å². The van der Waals surface area contributed by atoms with Crippen LogP contribution in [0.1, 0.15) is 17.9 Å². The third-order valence-electron chi connectivity index (χ3n) is 3.90. The molecule has 0 N–H and O–H groups in total. The number of methoxy groups -OCH3 is 1. The topological polar surface area (TPSA) is 43.4 Å². The smallest absolute Gasteiger partial charge is 0.144 e. The van der Waals surface area contributed by atoms with E-state index >= 15 is 0 Å². The molecule has 92 valence electrons. The van der Waals surface area contributed by atoms with Gasteiger partial charge in [-0.3, -0.25) is 9.59 Å². The molecular weight excluding hydrogens is 228 g/mol. The molecule has 2 saturated carbocycles. The van der Waals surface area contributed by atoms with Gasteiger partial charge in [-0.1, -0.05) is 12.1 Å². The summed E-state index contributed by atoms with van der Waals surface area (Å²) in [7, 11) is 1.61. The molecule has 2 radical (unpaired) electrons. The summed E-state index contributed by atoms with van der Waals surface area (Å²) in [6, 6.07) is 7.62. The number of Topliss-reactive ketones (excluding diaryl/α,β-unsaturated/α-hetero) is 2. The molecule has 0 aliphatic heterocycles. The van der Waals surface area contributed by atoms with Gasteiger partial charge in [0.1, 0.15) is 17.3 Å². The zero-order chi connectivity index (χ0) is 12.7. The van der Waals surface area contributed by atoms with Crippen molar-refractivity contribution in [2.24, 2.45) is 11.8 Å². The summed E-state index contributed by atoms with van der Waals surface area (Å²) in [5, 5.41) is 0. The maximum atomic E-state index is 12.1. The highest BCUT2D eigenvalue weighted by Crippen LogP contribution is 2.50. The molecule has 3 nitrogen and oxygen atoms in total. The third kappa shape index (κ3) is 1.65. The quantitative estimate of drug-likeness (QED) is 0.796. The van der Waals surface area contributed by atoms with Crippen LogP contribution in [0.4, 0.5) is 0 Å². The highest BCUT2D eigenvalue weighted by molar-refractivity contribution is 6.02. The van der Waals surface area contributed by atoms with Crippen molar-refractivity contribution in [3.63, 3.8) is 0 Å². The standard InChI is InChI=1S/C15H14O3/c1-18-11-4-2-3-9(7-11)14-12-6-5-10(16)8-13(12)15(14)17/h2-7,12-14H,8H2,1H3/t12-,13+,14+/m1/s1. The Kier molecular flexibility index (Phi) is 2.69. The van der Waals surface area contributed by atoms with Crippen molar-refractivity contribution in [2.75, 3.05) is 7.11 Å². The first-order chi connectivity index (χ1) is 8.70. The van der Waals surface area contributed by atoms with Crippen LogP contribution in [-0.4, -0.2) is 18.7 Å². The molecule has 0 unspecified atom stereocenters. The lowest BCUT2D eigenvalue weighted by Gasteiger charge is -2.45. The molecule has 1 aromatic rings. The van der Waals surface area contributed by atoms with E-state index in [9.17, 15) is 9.59 Å². The second-order valence-electron chi connectivity index (χ2n) is 4.87. The van der Waals surface area contributed by atoms with E-state index in [1.807, 2.05) is 30.7 Å². The molecule has 2 fully saturated rings. The van der Waals surface area contributed by atoms with Crippen LogP contribution in [0.3, 0.4) is 0 Å². The Morgan fingerprint density at radius 3 is 2.89 bits per heavy atom. The van der Waals surface area contributed by atoms with E-state index in [1.54, 1.807) is 13.5 Å². The van der Waals surface area contributed by atoms with E-state index in [-0.39, 0.29) is 29.3 Å². The molecule has 0 bridgehead atoms. The number of benzene rings is 1. The predicted octanol–water partition coefficient (Wildman–Crippen LogP) is 1.98. The first-order valence-corrected chi connectivity index (χ1v) is 6.09. The van der Waals surface area contributed by atoms with Gasteiger partial charge in [-0.25, -0.2) is 0 Å². The summed E-state index contributed by atoms with van der Waals surface area (Å²) in [6.07, 6.45) is 3.88. The van der Waals surface area contributed by atoms with Crippen LogP contribution < -0.4 is 4.74 Å². The van der Waals surface area contributed by atoms with Crippen molar-refractivity contribution in [3.8, 4) is 5.75 Å². The van der Waals surface area contributed by atoms with Gasteiger partial charge in [0.2, 0.25) is 0 Å². The third-order valence-corrected chi connectivity index (χ3v) is 3.90. The van der Waals surface area contributed by atoms with Crippen LogP contribution in [0.5, 0.6) is 5.75 Å². The number of ketones is 2. The van der Waals surface area contributed by atoms with Crippen molar-refractivity contribution >= 4 is 11.6 Å². The second kappa shape index (κ2) is 4.23. The SMILES string of the molecule is COc1cccc([C@@H]2C(=O)[C@H]3CC(=O)[CH][CH][C@H]32)c1. The lowest BCUT2D eigenvalue weighted by Crippen LogP contribution is -2.49. The number of fused-ring (bicyclic) bond motifs is 1. The van der Waals surface area contributed by atoms with Gasteiger partial charge < -0.3 is 4.74 Å². The van der Waals surface area contributed by atoms with Crippen LogP contribution in [0.2, 0.25) is 0 Å². The lowest BCUT2D eigenvalue weighted by atomic mass is 9.55. The average Bonchev–Trinajstić information content (AvgIpc) is 2.40. The normalized spacial score (nSPS) is 30.6. The van der Waals surface area contributed by atoms with Crippen LogP contribution in [-0.2, 0) is 9.59 Å². The van der Waals surface area contributed by atoms with E-state index < -0.39 is 0 Å². The van der Waals surface area contributed by atoms with Gasteiger partial charge in [-0.05, 0) is 30.0 Å². The fraction of sp³-hybridized carbons (Fsp3) is 0.333. The fourth-order valence-corrected chi connectivity index (χ4v) is 2.93. The Morgan fingerprint density at radius 2 is 2.11 bits per heavy atom. The highest BCUT2D eigenvalue weighted by atomic mass is 16.5. The number of ether oxygens (including phenoxy) is 1. The first kappa shape index (κ1) is 11.5. The molecule has 2 aliphatic rings. The predicted molar refractivity (Wildman–Crippen MR) is 65.9 cm³/mol. The summed E-state index contributed by atoms with van der Waals surface area (Å²) in [5.41, 5.74) is 0.986. The molecule has 0 aromatic heterocycles. The monoisotopic (exact) mass is 242 g/mol. The Hall–Kier alpha value is -1.64. The van der Waals surface area contributed by atoms with Crippen molar-refractivity contribution in [2.45, 2.75) is 12.3 Å². The average molecular weight is 242 g/mol. The summed E-state index contributed by atoms with van der Waals surface area (Å²) in [6.45, 7) is 0. The minimum absolute atomic E-state index is 0.0636. The van der Waals surface area contributed by atoms with Crippen LogP contribution in [0.15, 0.2) is 24.3 Å². The largest absolute Gasteiger partial charge is 0.497 e. The molecule has 18 heavy (non-hydrogen) atoms. The van der Waals surface area contributed by atoms with Crippen LogP contribution in [0.25, 0.3) is 0 Å². The Bertz CT molecular complexity index is 506. The van der Waals surface area contributed by atoms with Crippen molar-refractivity contribution in [1.29, 1.82) is 0 Å². The Morgan fingerprint density at radius 1 is 1.28 bits per heavy atom. The van der Waals surface area contributed by atoms with Gasteiger partial charge >= 0.3 is 0 Å². The van der Waals surface area contributed by atoms with Crippen LogP contribution in [0, 0.1) is 24.7 Å². The van der Waals surface area contributed by atoms with Gasteiger partial charge in [0, 0.05) is 24.7 Å². The van der Waals surface area contributed by atoms with Gasteiger partial charge in [-0.15, -0.1) is 0 Å². The summed E-state index contributed by atoms with van der Waals surface area (Å²) in [4.78, 5) is 23.4. The molecule has 0 saturated heterocycles. The number of carbonyl (C=O) groups is 2. The number of hydrogen-bond donors (Lipinski definition) is 0. The molecule has 0 amide bonds. The van der Waals surface area contributed by atoms with Crippen molar-refractivity contribution in [1.82, 2.24) is 0 Å². The first-order valence-electron chi connectivity index (χ1n) is 6.09. The molecule has 3 heteroatoms. The maximum absolute atomic E-state index is 12.1. The molecule has 3 rings (SSSR count). The molecule has 0 spiro atoms. The highest BCUT2D eigenvalue weighted by Gasteiger charge is 2.52. The maximum Gasteiger partial charge on any atom is 0.144 e. The van der Waals surface area contributed by atoms with Crippen molar-refractivity contribution < 1.29 is 14.3 Å². The molecule has 0 heterocycles. The van der Waals surface area contributed by atoms with Gasteiger partial charge in [0.15, 0.2) is 0 Å². The second-order valence-corrected chi connectivity index (χ2v) is 4.87. The molecule has 2 aliphatic carbocycles. The van der Waals surface area contributed by atoms with Gasteiger partial charge in [-0.2, -0.15) is 0 Å². The lowest BCUT2D eigenvalue weighted by molar-refractivity contribution is -0.140. The number of hydrogen-bond acceptors (Lipinski definition) is 3.